The lowest BCUT2D eigenvalue weighted by Crippen LogP contribution is -2.38. The first-order valence-electron chi connectivity index (χ1n) is 9.62. The fourth-order valence-electron chi connectivity index (χ4n) is 3.82. The Balaban J connectivity index is 2.21. The highest BCUT2D eigenvalue weighted by Gasteiger charge is 2.30. The monoisotopic (exact) mass is 404 g/mol. The van der Waals surface area contributed by atoms with Crippen molar-refractivity contribution in [2.75, 3.05) is 25.1 Å². The molecule has 0 atom stereocenters. The number of pyridine rings is 1. The zero-order valence-electron chi connectivity index (χ0n) is 17.2. The molecule has 1 N–H and O–H groups in total. The average Bonchev–Trinajstić information content (AvgIpc) is 2.64. The van der Waals surface area contributed by atoms with Crippen LogP contribution in [0.5, 0.6) is 5.75 Å². The molecule has 1 aromatic heterocycles. The minimum Gasteiger partial charge on any atom is -0.491 e. The van der Waals surface area contributed by atoms with Gasteiger partial charge in [-0.2, -0.15) is 0 Å². The highest BCUT2D eigenvalue weighted by Crippen LogP contribution is 2.42. The molecule has 1 aliphatic rings. The molecule has 0 aliphatic carbocycles. The van der Waals surface area contributed by atoms with E-state index in [1.54, 1.807) is 6.92 Å². The predicted molar refractivity (Wildman–Crippen MR) is 107 cm³/mol. The zero-order valence-corrected chi connectivity index (χ0v) is 17.2. The van der Waals surface area contributed by atoms with Crippen LogP contribution in [0.2, 0.25) is 0 Å². The molecule has 5 nitrogen and oxygen atoms in total. The second kappa shape index (κ2) is 7.97. The Morgan fingerprint density at radius 1 is 1.24 bits per heavy atom. The summed E-state index contributed by atoms with van der Waals surface area (Å²) in [7, 11) is 1.21. The largest absolute Gasteiger partial charge is 0.491 e. The summed E-state index contributed by atoms with van der Waals surface area (Å²) in [4.78, 5) is 17.9. The van der Waals surface area contributed by atoms with E-state index in [4.69, 9.17) is 4.74 Å². The standard InChI is InChI=1S/C22H26F2N2O3/c1-13-15(11-18(27)28)20(26-9-7-22(2,3)8-10-26)16(12-25-13)14-5-6-17(23)21(29-4)19(14)24/h5-6,12H,7-11H2,1-4H3,(H,27,28). The normalized spacial score (nSPS) is 16.0. The van der Waals surface area contributed by atoms with E-state index in [0.717, 1.165) is 32.0 Å². The summed E-state index contributed by atoms with van der Waals surface area (Å²) in [6.07, 6.45) is 3.17. The van der Waals surface area contributed by atoms with Gasteiger partial charge in [-0.15, -0.1) is 0 Å². The van der Waals surface area contributed by atoms with Crippen molar-refractivity contribution in [1.29, 1.82) is 0 Å². The molecule has 0 unspecified atom stereocenters. The predicted octanol–water partition coefficient (Wildman–Crippen LogP) is 4.60. The molecule has 0 radical (unpaired) electrons. The molecule has 29 heavy (non-hydrogen) atoms. The van der Waals surface area contributed by atoms with E-state index >= 15 is 4.39 Å². The van der Waals surface area contributed by atoms with Crippen LogP contribution in [0.25, 0.3) is 11.1 Å². The van der Waals surface area contributed by atoms with Crippen molar-refractivity contribution in [2.45, 2.75) is 40.0 Å². The van der Waals surface area contributed by atoms with Gasteiger partial charge in [-0.3, -0.25) is 9.78 Å². The fraction of sp³-hybridized carbons (Fsp3) is 0.455. The summed E-state index contributed by atoms with van der Waals surface area (Å²) in [6, 6.07) is 2.50. The number of hydrogen-bond donors (Lipinski definition) is 1. The lowest BCUT2D eigenvalue weighted by molar-refractivity contribution is -0.136. The number of carboxylic acid groups (broad SMARTS) is 1. The molecular formula is C22H26F2N2O3. The van der Waals surface area contributed by atoms with Crippen molar-refractivity contribution in [2.24, 2.45) is 5.41 Å². The van der Waals surface area contributed by atoms with Crippen LogP contribution in [0, 0.1) is 24.0 Å². The Morgan fingerprint density at radius 2 is 1.90 bits per heavy atom. The van der Waals surface area contributed by atoms with Crippen LogP contribution in [-0.2, 0) is 11.2 Å². The van der Waals surface area contributed by atoms with Crippen LogP contribution in [0.1, 0.15) is 37.9 Å². The van der Waals surface area contributed by atoms with Gasteiger partial charge < -0.3 is 14.7 Å². The molecule has 3 rings (SSSR count). The average molecular weight is 404 g/mol. The highest BCUT2D eigenvalue weighted by atomic mass is 19.1. The van der Waals surface area contributed by atoms with Gasteiger partial charge in [0.1, 0.15) is 0 Å². The second-order valence-electron chi connectivity index (χ2n) is 8.25. The number of methoxy groups -OCH3 is 1. The number of piperidine rings is 1. The van der Waals surface area contributed by atoms with Crippen molar-refractivity contribution < 1.29 is 23.4 Å². The number of aliphatic carboxylic acids is 1. The number of benzene rings is 1. The van der Waals surface area contributed by atoms with Gasteiger partial charge in [-0.05, 0) is 37.3 Å². The van der Waals surface area contributed by atoms with Crippen LogP contribution in [0.4, 0.5) is 14.5 Å². The molecule has 0 saturated carbocycles. The topological polar surface area (TPSA) is 62.7 Å². The quantitative estimate of drug-likeness (QED) is 0.789. The molecule has 1 saturated heterocycles. The van der Waals surface area contributed by atoms with Crippen LogP contribution in [0.3, 0.4) is 0 Å². The van der Waals surface area contributed by atoms with Gasteiger partial charge in [0.05, 0.1) is 19.2 Å². The third kappa shape index (κ3) is 4.18. The number of anilines is 1. The lowest BCUT2D eigenvalue weighted by Gasteiger charge is -2.40. The molecular weight excluding hydrogens is 378 g/mol. The maximum atomic E-state index is 15.1. The molecule has 2 heterocycles. The van der Waals surface area contributed by atoms with Crippen LogP contribution < -0.4 is 9.64 Å². The number of aromatic nitrogens is 1. The molecule has 0 spiro atoms. The van der Waals surface area contributed by atoms with Gasteiger partial charge in [0.2, 0.25) is 0 Å². The van der Waals surface area contributed by atoms with Crippen LogP contribution in [-0.4, -0.2) is 36.3 Å². The summed E-state index contributed by atoms with van der Waals surface area (Å²) in [5.74, 6) is -3.06. The van der Waals surface area contributed by atoms with Gasteiger partial charge in [-0.1, -0.05) is 13.8 Å². The Kier molecular flexibility index (Phi) is 5.78. The van der Waals surface area contributed by atoms with Gasteiger partial charge in [0, 0.05) is 41.7 Å². The van der Waals surface area contributed by atoms with Gasteiger partial charge in [0.25, 0.3) is 0 Å². The Morgan fingerprint density at radius 3 is 2.48 bits per heavy atom. The summed E-state index contributed by atoms with van der Waals surface area (Å²) in [6.45, 7) is 7.59. The van der Waals surface area contributed by atoms with Crippen molar-refractivity contribution >= 4 is 11.7 Å². The summed E-state index contributed by atoms with van der Waals surface area (Å²) in [5, 5.41) is 9.44. The zero-order chi connectivity index (χ0) is 21.3. The third-order valence-electron chi connectivity index (χ3n) is 5.67. The molecule has 7 heteroatoms. The number of aryl methyl sites for hydroxylation is 1. The first-order chi connectivity index (χ1) is 13.6. The molecule has 1 fully saturated rings. The van der Waals surface area contributed by atoms with Crippen molar-refractivity contribution in [3.05, 3.63) is 41.2 Å². The van der Waals surface area contributed by atoms with E-state index in [1.807, 2.05) is 0 Å². The molecule has 1 aliphatic heterocycles. The molecule has 1 aromatic carbocycles. The Hall–Kier alpha value is -2.70. The van der Waals surface area contributed by atoms with E-state index in [1.165, 1.54) is 19.4 Å². The van der Waals surface area contributed by atoms with Crippen LogP contribution in [0.15, 0.2) is 18.3 Å². The number of rotatable bonds is 5. The van der Waals surface area contributed by atoms with Crippen molar-refractivity contribution in [1.82, 2.24) is 4.98 Å². The number of ether oxygens (including phenoxy) is 1. The number of halogens is 2. The van der Waals surface area contributed by atoms with E-state index < -0.39 is 23.4 Å². The Labute approximate surface area is 169 Å². The van der Waals surface area contributed by atoms with E-state index in [-0.39, 0.29) is 17.4 Å². The minimum absolute atomic E-state index is 0.141. The van der Waals surface area contributed by atoms with Gasteiger partial charge >= 0.3 is 5.97 Å². The van der Waals surface area contributed by atoms with Crippen LogP contribution >= 0.6 is 0 Å². The van der Waals surface area contributed by atoms with Crippen molar-refractivity contribution in [3.8, 4) is 16.9 Å². The number of hydrogen-bond acceptors (Lipinski definition) is 4. The van der Waals surface area contributed by atoms with E-state index in [9.17, 15) is 14.3 Å². The van der Waals surface area contributed by atoms with E-state index in [0.29, 0.717) is 22.5 Å². The second-order valence-corrected chi connectivity index (χ2v) is 8.25. The SMILES string of the molecule is COc1c(F)ccc(-c2cnc(C)c(CC(=O)O)c2N2CCC(C)(C)CC2)c1F. The molecule has 0 bridgehead atoms. The Bertz CT molecular complexity index is 934. The molecule has 156 valence electrons. The lowest BCUT2D eigenvalue weighted by atomic mass is 9.82. The third-order valence-corrected chi connectivity index (χ3v) is 5.67. The summed E-state index contributed by atoms with van der Waals surface area (Å²) < 4.78 is 33.9. The van der Waals surface area contributed by atoms with Gasteiger partial charge in [-0.25, -0.2) is 8.78 Å². The van der Waals surface area contributed by atoms with Gasteiger partial charge in [0.15, 0.2) is 17.4 Å². The maximum absolute atomic E-state index is 15.1. The number of carbonyl (C=O) groups is 1. The fourth-order valence-corrected chi connectivity index (χ4v) is 3.82. The number of nitrogens with zero attached hydrogens (tertiary/aromatic N) is 2. The molecule has 0 amide bonds. The minimum atomic E-state index is -0.984. The van der Waals surface area contributed by atoms with E-state index in [2.05, 4.69) is 23.7 Å². The first kappa shape index (κ1) is 21.0. The summed E-state index contributed by atoms with van der Waals surface area (Å²) in [5.41, 5.74) is 2.58. The first-order valence-corrected chi connectivity index (χ1v) is 9.62. The van der Waals surface area contributed by atoms with Crippen molar-refractivity contribution in [3.63, 3.8) is 0 Å². The molecule has 2 aromatic rings. The summed E-state index contributed by atoms with van der Waals surface area (Å²) >= 11 is 0. The highest BCUT2D eigenvalue weighted by molar-refractivity contribution is 5.85. The smallest absolute Gasteiger partial charge is 0.307 e. The number of carboxylic acids is 1. The maximum Gasteiger partial charge on any atom is 0.307 e.